The average Bonchev–Trinajstić information content (AvgIpc) is 3.64. The van der Waals surface area contributed by atoms with Gasteiger partial charge in [0.05, 0.1) is 17.4 Å². The molecule has 3 aromatic carbocycles. The lowest BCUT2D eigenvalue weighted by Gasteiger charge is -2.31. The topological polar surface area (TPSA) is 73.0 Å². The first-order chi connectivity index (χ1) is 18.2. The molecule has 0 amide bonds. The fraction of sp³-hybridized carbons (Fsp3) is 0.214. The summed E-state index contributed by atoms with van der Waals surface area (Å²) in [5, 5.41) is 10.1. The summed E-state index contributed by atoms with van der Waals surface area (Å²) in [6.45, 7) is 0.632. The van der Waals surface area contributed by atoms with Crippen LogP contribution in [0.15, 0.2) is 90.2 Å². The minimum atomic E-state index is -3.77. The smallest absolute Gasteiger partial charge is 0.262 e. The third-order valence-electron chi connectivity index (χ3n) is 7.30. The van der Waals surface area contributed by atoms with Crippen LogP contribution in [0.1, 0.15) is 17.5 Å². The molecular weight excluding hydrogens is 525 g/mol. The number of sulfonamides is 1. The van der Waals surface area contributed by atoms with Crippen LogP contribution in [0.5, 0.6) is 0 Å². The Balaban J connectivity index is 1.44. The SMILES string of the molecule is Cn1ccc(S(=O)(=O)N2CCC(Cc3ccccc3)(c3cc4cnn(-c5ccc(F)cc5)c4cc3Cl)C2)n1. The van der Waals surface area contributed by atoms with Crippen molar-refractivity contribution in [3.05, 3.63) is 107 Å². The molecule has 0 saturated carbocycles. The first-order valence-corrected chi connectivity index (χ1v) is 14.0. The Morgan fingerprint density at radius 2 is 1.82 bits per heavy atom. The zero-order valence-corrected chi connectivity index (χ0v) is 22.2. The first kappa shape index (κ1) is 24.8. The monoisotopic (exact) mass is 549 g/mol. The normalized spacial score (nSPS) is 18.4. The van der Waals surface area contributed by atoms with Crippen LogP contribution in [0.3, 0.4) is 0 Å². The summed E-state index contributed by atoms with van der Waals surface area (Å²) in [6, 6.07) is 21.6. The molecule has 10 heteroatoms. The highest BCUT2D eigenvalue weighted by molar-refractivity contribution is 7.89. The molecule has 0 N–H and O–H groups in total. The Kier molecular flexibility index (Phi) is 6.09. The van der Waals surface area contributed by atoms with Crippen LogP contribution < -0.4 is 0 Å². The molecule has 1 aliphatic heterocycles. The summed E-state index contributed by atoms with van der Waals surface area (Å²) in [6.07, 6.45) is 4.61. The van der Waals surface area contributed by atoms with Crippen molar-refractivity contribution in [1.29, 1.82) is 0 Å². The van der Waals surface area contributed by atoms with Gasteiger partial charge in [-0.1, -0.05) is 41.9 Å². The second-order valence-corrected chi connectivity index (χ2v) is 12.1. The fourth-order valence-corrected chi connectivity index (χ4v) is 7.23. The third-order valence-corrected chi connectivity index (χ3v) is 9.35. The predicted molar refractivity (Wildman–Crippen MR) is 144 cm³/mol. The molecule has 1 aliphatic rings. The van der Waals surface area contributed by atoms with Crippen molar-refractivity contribution in [3.8, 4) is 5.69 Å². The summed E-state index contributed by atoms with van der Waals surface area (Å²) in [4.78, 5) is 0. The molecule has 38 heavy (non-hydrogen) atoms. The van der Waals surface area contributed by atoms with Gasteiger partial charge in [-0.25, -0.2) is 17.5 Å². The number of aryl methyl sites for hydroxylation is 1. The maximum atomic E-state index is 13.5. The molecule has 0 radical (unpaired) electrons. The van der Waals surface area contributed by atoms with Crippen LogP contribution >= 0.6 is 11.6 Å². The van der Waals surface area contributed by atoms with E-state index in [1.165, 1.54) is 27.2 Å². The third kappa shape index (κ3) is 4.30. The number of halogens is 2. The molecule has 1 atom stereocenters. The molecule has 194 valence electrons. The number of hydrogen-bond donors (Lipinski definition) is 0. The Morgan fingerprint density at radius 1 is 1.05 bits per heavy atom. The van der Waals surface area contributed by atoms with Gasteiger partial charge in [0, 0.05) is 42.2 Å². The second-order valence-electron chi connectivity index (χ2n) is 9.78. The fourth-order valence-electron chi connectivity index (χ4n) is 5.39. The van der Waals surface area contributed by atoms with Gasteiger partial charge < -0.3 is 0 Å². The highest BCUT2D eigenvalue weighted by Gasteiger charge is 2.46. The van der Waals surface area contributed by atoms with Crippen LogP contribution in [0.2, 0.25) is 5.02 Å². The maximum absolute atomic E-state index is 13.5. The van der Waals surface area contributed by atoms with Crippen LogP contribution in [0.4, 0.5) is 4.39 Å². The molecule has 1 unspecified atom stereocenters. The van der Waals surface area contributed by atoms with Crippen molar-refractivity contribution in [2.24, 2.45) is 7.05 Å². The molecule has 5 aromatic rings. The van der Waals surface area contributed by atoms with Gasteiger partial charge >= 0.3 is 0 Å². The van der Waals surface area contributed by atoms with Gasteiger partial charge in [-0.15, -0.1) is 0 Å². The zero-order valence-electron chi connectivity index (χ0n) is 20.6. The van der Waals surface area contributed by atoms with E-state index in [1.54, 1.807) is 36.3 Å². The van der Waals surface area contributed by atoms with Crippen LogP contribution in [0.25, 0.3) is 16.6 Å². The van der Waals surface area contributed by atoms with E-state index in [1.807, 2.05) is 30.3 Å². The van der Waals surface area contributed by atoms with E-state index in [2.05, 4.69) is 22.3 Å². The molecule has 3 heterocycles. The van der Waals surface area contributed by atoms with Crippen molar-refractivity contribution >= 4 is 32.5 Å². The van der Waals surface area contributed by atoms with Gasteiger partial charge in [-0.05, 0) is 66.4 Å². The minimum absolute atomic E-state index is 0.0395. The van der Waals surface area contributed by atoms with Crippen LogP contribution in [0, 0.1) is 5.82 Å². The lowest BCUT2D eigenvalue weighted by atomic mass is 9.74. The molecule has 6 rings (SSSR count). The Bertz CT molecular complexity index is 1730. The molecule has 0 bridgehead atoms. The number of hydrogen-bond acceptors (Lipinski definition) is 4. The summed E-state index contributed by atoms with van der Waals surface area (Å²) in [5.74, 6) is -0.320. The van der Waals surface area contributed by atoms with E-state index in [4.69, 9.17) is 11.6 Å². The second kappa shape index (κ2) is 9.34. The minimum Gasteiger partial charge on any atom is -0.274 e. The average molecular weight is 550 g/mol. The maximum Gasteiger partial charge on any atom is 0.262 e. The van der Waals surface area contributed by atoms with E-state index < -0.39 is 15.4 Å². The summed E-state index contributed by atoms with van der Waals surface area (Å²) >= 11 is 6.98. The standard InChI is InChI=1S/C28H25ClFN5O2S/c1-33-13-11-27(32-33)38(36,37)34-14-12-28(19-34,17-20-5-3-2-4-6-20)24-15-21-18-31-35(26(21)16-25(24)29)23-9-7-22(30)8-10-23/h2-11,13,15-16,18H,12,14,17,19H2,1H3. The molecule has 0 spiro atoms. The van der Waals surface area contributed by atoms with Crippen molar-refractivity contribution in [2.45, 2.75) is 23.3 Å². The summed E-state index contributed by atoms with van der Waals surface area (Å²) < 4.78 is 45.2. The van der Waals surface area contributed by atoms with Gasteiger partial charge in [0.2, 0.25) is 0 Å². The number of aromatic nitrogens is 4. The van der Waals surface area contributed by atoms with Crippen molar-refractivity contribution in [1.82, 2.24) is 23.9 Å². The summed E-state index contributed by atoms with van der Waals surface area (Å²) in [7, 11) is -2.07. The van der Waals surface area contributed by atoms with Gasteiger partial charge in [0.1, 0.15) is 5.82 Å². The molecular formula is C28H25ClFN5O2S. The van der Waals surface area contributed by atoms with Crippen LogP contribution in [-0.4, -0.2) is 45.4 Å². The highest BCUT2D eigenvalue weighted by Crippen LogP contribution is 2.44. The number of rotatable bonds is 6. The van der Waals surface area contributed by atoms with E-state index >= 15 is 0 Å². The molecule has 1 fully saturated rings. The molecule has 0 aliphatic carbocycles. The lowest BCUT2D eigenvalue weighted by Crippen LogP contribution is -2.36. The zero-order chi connectivity index (χ0) is 26.5. The summed E-state index contributed by atoms with van der Waals surface area (Å²) in [5.41, 5.74) is 2.94. The first-order valence-electron chi connectivity index (χ1n) is 12.2. The van der Waals surface area contributed by atoms with E-state index in [-0.39, 0.29) is 17.4 Å². The molecule has 7 nitrogen and oxygen atoms in total. The number of nitrogens with zero attached hydrogens (tertiary/aromatic N) is 5. The van der Waals surface area contributed by atoms with Crippen molar-refractivity contribution in [3.63, 3.8) is 0 Å². The van der Waals surface area contributed by atoms with Gasteiger partial charge in [-0.2, -0.15) is 14.5 Å². The van der Waals surface area contributed by atoms with E-state index in [0.717, 1.165) is 27.7 Å². The van der Waals surface area contributed by atoms with Gasteiger partial charge in [-0.3, -0.25) is 4.68 Å². The molecule has 1 saturated heterocycles. The quantitative estimate of drug-likeness (QED) is 0.294. The lowest BCUT2D eigenvalue weighted by molar-refractivity contribution is 0.413. The Labute approximate surface area is 225 Å². The predicted octanol–water partition coefficient (Wildman–Crippen LogP) is 5.13. The van der Waals surface area contributed by atoms with Crippen molar-refractivity contribution < 1.29 is 12.8 Å². The van der Waals surface area contributed by atoms with E-state index in [0.29, 0.717) is 24.4 Å². The number of fused-ring (bicyclic) bond motifs is 1. The highest BCUT2D eigenvalue weighted by atomic mass is 35.5. The van der Waals surface area contributed by atoms with Crippen molar-refractivity contribution in [2.75, 3.05) is 13.1 Å². The number of benzene rings is 3. The van der Waals surface area contributed by atoms with Gasteiger partial charge in [0.15, 0.2) is 5.03 Å². The Hall–Kier alpha value is -3.53. The van der Waals surface area contributed by atoms with E-state index in [9.17, 15) is 12.8 Å². The van der Waals surface area contributed by atoms with Crippen LogP contribution in [-0.2, 0) is 28.9 Å². The van der Waals surface area contributed by atoms with Gasteiger partial charge in [0.25, 0.3) is 10.0 Å². The Morgan fingerprint density at radius 3 is 2.53 bits per heavy atom. The largest absolute Gasteiger partial charge is 0.274 e. The molecule has 2 aromatic heterocycles.